The Morgan fingerprint density at radius 3 is 2.83 bits per heavy atom. The van der Waals surface area contributed by atoms with Crippen molar-refractivity contribution in [2.75, 3.05) is 13.1 Å². The number of piperidine rings is 1. The number of nitrogens with two attached hydrogens (primary N) is 1. The van der Waals surface area contributed by atoms with E-state index >= 15 is 0 Å². The fourth-order valence-corrected chi connectivity index (χ4v) is 3.16. The number of nitrogens with zero attached hydrogens (tertiary/aromatic N) is 3. The Balaban J connectivity index is 2.24. The van der Waals surface area contributed by atoms with Crippen LogP contribution in [0.15, 0.2) is 6.20 Å². The Bertz CT molecular complexity index is 385. The van der Waals surface area contributed by atoms with E-state index in [-0.39, 0.29) is 0 Å². The molecule has 4 heteroatoms. The summed E-state index contributed by atoms with van der Waals surface area (Å²) in [5.74, 6) is 0. The average molecular weight is 250 g/mol. The lowest BCUT2D eigenvalue weighted by atomic mass is 9.95. The number of aromatic nitrogens is 2. The van der Waals surface area contributed by atoms with Crippen LogP contribution in [-0.4, -0.2) is 33.8 Å². The van der Waals surface area contributed by atoms with Crippen LogP contribution in [-0.2, 0) is 7.05 Å². The normalized spacial score (nSPS) is 23.2. The highest BCUT2D eigenvalue weighted by molar-refractivity contribution is 5.21. The highest BCUT2D eigenvalue weighted by atomic mass is 15.3. The van der Waals surface area contributed by atoms with Crippen LogP contribution in [0.4, 0.5) is 0 Å². The van der Waals surface area contributed by atoms with Gasteiger partial charge in [0.05, 0.1) is 12.2 Å². The molecular weight excluding hydrogens is 224 g/mol. The van der Waals surface area contributed by atoms with E-state index < -0.39 is 0 Å². The zero-order valence-electron chi connectivity index (χ0n) is 11.9. The highest BCUT2D eigenvalue weighted by Crippen LogP contribution is 2.30. The summed E-state index contributed by atoms with van der Waals surface area (Å²) in [6, 6.07) is 1.02. The molecule has 2 heterocycles. The van der Waals surface area contributed by atoms with Gasteiger partial charge in [-0.15, -0.1) is 0 Å². The van der Waals surface area contributed by atoms with Gasteiger partial charge in [0.1, 0.15) is 0 Å². The Morgan fingerprint density at radius 2 is 2.28 bits per heavy atom. The summed E-state index contributed by atoms with van der Waals surface area (Å²) in [5.41, 5.74) is 8.60. The maximum absolute atomic E-state index is 6.05. The number of hydrogen-bond donors (Lipinski definition) is 1. The number of likely N-dealkylation sites (tertiary alicyclic amines) is 1. The summed E-state index contributed by atoms with van der Waals surface area (Å²) in [4.78, 5) is 2.60. The zero-order valence-corrected chi connectivity index (χ0v) is 11.9. The molecule has 1 aliphatic heterocycles. The van der Waals surface area contributed by atoms with Crippen LogP contribution in [0.3, 0.4) is 0 Å². The van der Waals surface area contributed by atoms with Crippen LogP contribution in [0.25, 0.3) is 0 Å². The Hall–Kier alpha value is -0.870. The molecule has 2 N–H and O–H groups in total. The van der Waals surface area contributed by atoms with Gasteiger partial charge in [-0.2, -0.15) is 5.10 Å². The molecule has 2 unspecified atom stereocenters. The van der Waals surface area contributed by atoms with Crippen LogP contribution in [0.5, 0.6) is 0 Å². The van der Waals surface area contributed by atoms with Gasteiger partial charge in [-0.25, -0.2) is 0 Å². The van der Waals surface area contributed by atoms with Crippen LogP contribution in [0, 0.1) is 6.92 Å². The van der Waals surface area contributed by atoms with Crippen LogP contribution < -0.4 is 5.73 Å². The summed E-state index contributed by atoms with van der Waals surface area (Å²) in [5, 5.41) is 4.37. The van der Waals surface area contributed by atoms with Crippen molar-refractivity contribution in [1.29, 1.82) is 0 Å². The molecule has 102 valence electrons. The highest BCUT2D eigenvalue weighted by Gasteiger charge is 2.29. The molecular formula is C14H26N4. The Morgan fingerprint density at radius 1 is 1.50 bits per heavy atom. The third-order valence-corrected chi connectivity index (χ3v) is 4.40. The van der Waals surface area contributed by atoms with Crippen molar-refractivity contribution >= 4 is 0 Å². The van der Waals surface area contributed by atoms with E-state index in [9.17, 15) is 0 Å². The van der Waals surface area contributed by atoms with Crippen LogP contribution in [0.2, 0.25) is 0 Å². The molecule has 18 heavy (non-hydrogen) atoms. The summed E-state index contributed by atoms with van der Waals surface area (Å²) in [7, 11) is 2.00. The van der Waals surface area contributed by atoms with Gasteiger partial charge < -0.3 is 5.73 Å². The van der Waals surface area contributed by atoms with Crippen molar-refractivity contribution in [2.45, 2.75) is 51.6 Å². The fraction of sp³-hybridized carbons (Fsp3) is 0.786. The molecule has 0 saturated carbocycles. The van der Waals surface area contributed by atoms with Gasteiger partial charge in [0, 0.05) is 30.9 Å². The molecule has 0 aliphatic carbocycles. The first-order valence-electron chi connectivity index (χ1n) is 7.13. The number of rotatable bonds is 4. The predicted octanol–water partition coefficient (Wildman–Crippen LogP) is 1.99. The lowest BCUT2D eigenvalue weighted by Crippen LogP contribution is -2.44. The second-order valence-electron chi connectivity index (χ2n) is 5.36. The first-order chi connectivity index (χ1) is 8.69. The maximum atomic E-state index is 6.05. The van der Waals surface area contributed by atoms with Gasteiger partial charge in [-0.3, -0.25) is 9.58 Å². The second kappa shape index (κ2) is 5.85. The predicted molar refractivity (Wildman–Crippen MR) is 74.4 cm³/mol. The molecule has 4 nitrogen and oxygen atoms in total. The minimum absolute atomic E-state index is 0.337. The van der Waals surface area contributed by atoms with E-state index in [1.165, 1.54) is 43.5 Å². The third kappa shape index (κ3) is 2.45. The summed E-state index contributed by atoms with van der Waals surface area (Å²) in [6.07, 6.45) is 7.18. The fourth-order valence-electron chi connectivity index (χ4n) is 3.16. The van der Waals surface area contributed by atoms with Gasteiger partial charge in [0.2, 0.25) is 0 Å². The van der Waals surface area contributed by atoms with Crippen LogP contribution in [0.1, 0.15) is 49.9 Å². The summed E-state index contributed by atoms with van der Waals surface area (Å²) < 4.78 is 1.95. The number of hydrogen-bond acceptors (Lipinski definition) is 3. The van der Waals surface area contributed by atoms with E-state index in [2.05, 4.69) is 23.8 Å². The lowest BCUT2D eigenvalue weighted by molar-refractivity contribution is 0.0945. The molecule has 2 atom stereocenters. The summed E-state index contributed by atoms with van der Waals surface area (Å²) >= 11 is 0. The first kappa shape index (κ1) is 13.6. The smallest absolute Gasteiger partial charge is 0.0540 e. The standard InChI is InChI=1S/C14H26N4/c1-4-12-7-5-6-8-18(12)14(9-15)13-10-16-17(3)11(13)2/h10,12,14H,4-9,15H2,1-3H3. The monoisotopic (exact) mass is 250 g/mol. The Kier molecular flexibility index (Phi) is 4.40. The molecule has 1 aliphatic rings. The largest absolute Gasteiger partial charge is 0.329 e. The molecule has 1 aromatic heterocycles. The molecule has 0 radical (unpaired) electrons. The average Bonchev–Trinajstić information content (AvgIpc) is 2.73. The van der Waals surface area contributed by atoms with Crippen molar-refractivity contribution in [2.24, 2.45) is 12.8 Å². The molecule has 1 fully saturated rings. The van der Waals surface area contributed by atoms with Crippen molar-refractivity contribution < 1.29 is 0 Å². The van der Waals surface area contributed by atoms with E-state index in [1.807, 2.05) is 17.9 Å². The van der Waals surface area contributed by atoms with E-state index in [4.69, 9.17) is 5.73 Å². The summed E-state index contributed by atoms with van der Waals surface area (Å²) in [6.45, 7) is 6.28. The first-order valence-corrected chi connectivity index (χ1v) is 7.13. The Labute approximate surface area is 110 Å². The SMILES string of the molecule is CCC1CCCCN1C(CN)c1cnn(C)c1C. The van der Waals surface area contributed by atoms with Gasteiger partial charge in [0.15, 0.2) is 0 Å². The maximum Gasteiger partial charge on any atom is 0.0540 e. The molecule has 0 amide bonds. The topological polar surface area (TPSA) is 47.1 Å². The third-order valence-electron chi connectivity index (χ3n) is 4.40. The molecule has 1 aromatic rings. The van der Waals surface area contributed by atoms with Crippen molar-refractivity contribution in [3.8, 4) is 0 Å². The van der Waals surface area contributed by atoms with Gasteiger partial charge >= 0.3 is 0 Å². The van der Waals surface area contributed by atoms with E-state index in [1.54, 1.807) is 0 Å². The lowest BCUT2D eigenvalue weighted by Gasteiger charge is -2.40. The van der Waals surface area contributed by atoms with Crippen molar-refractivity contribution in [1.82, 2.24) is 14.7 Å². The molecule has 2 rings (SSSR count). The zero-order chi connectivity index (χ0) is 13.1. The minimum atomic E-state index is 0.337. The number of aryl methyl sites for hydroxylation is 1. The van der Waals surface area contributed by atoms with Gasteiger partial charge in [0.25, 0.3) is 0 Å². The molecule has 1 saturated heterocycles. The van der Waals surface area contributed by atoms with Crippen molar-refractivity contribution in [3.05, 3.63) is 17.5 Å². The van der Waals surface area contributed by atoms with Crippen LogP contribution >= 0.6 is 0 Å². The van der Waals surface area contributed by atoms with Gasteiger partial charge in [-0.05, 0) is 32.7 Å². The minimum Gasteiger partial charge on any atom is -0.329 e. The molecule has 0 aromatic carbocycles. The second-order valence-corrected chi connectivity index (χ2v) is 5.36. The van der Waals surface area contributed by atoms with E-state index in [0.717, 1.165) is 0 Å². The quantitative estimate of drug-likeness (QED) is 0.889. The van der Waals surface area contributed by atoms with Gasteiger partial charge in [-0.1, -0.05) is 13.3 Å². The van der Waals surface area contributed by atoms with Crippen molar-refractivity contribution in [3.63, 3.8) is 0 Å². The van der Waals surface area contributed by atoms with E-state index in [0.29, 0.717) is 18.6 Å². The molecule has 0 bridgehead atoms. The molecule has 0 spiro atoms.